The first-order valence-electron chi connectivity index (χ1n) is 7.19. The van der Waals surface area contributed by atoms with Gasteiger partial charge in [-0.05, 0) is 30.5 Å². The molecule has 0 aromatic carbocycles. The number of aromatic nitrogens is 2. The van der Waals surface area contributed by atoms with Gasteiger partial charge in [0.15, 0.2) is 0 Å². The Bertz CT molecular complexity index is 684. The van der Waals surface area contributed by atoms with Crippen molar-refractivity contribution in [3.05, 3.63) is 53.6 Å². The summed E-state index contributed by atoms with van der Waals surface area (Å²) >= 11 is 0. The molecule has 2 heterocycles. The third-order valence-corrected chi connectivity index (χ3v) is 3.30. The molecule has 0 aliphatic heterocycles. The largest absolute Gasteiger partial charge is 0.451 e. The molecule has 1 unspecified atom stereocenters. The Labute approximate surface area is 130 Å². The van der Waals surface area contributed by atoms with E-state index >= 15 is 0 Å². The Morgan fingerprint density at radius 2 is 2.23 bits per heavy atom. The monoisotopic (exact) mass is 297 g/mol. The molecule has 0 saturated heterocycles. The topological polar surface area (TPSA) is 67.9 Å². The van der Waals surface area contributed by atoms with Gasteiger partial charge in [0.2, 0.25) is 0 Å². The summed E-state index contributed by atoms with van der Waals surface area (Å²) in [5, 5.41) is 8.91. The lowest BCUT2D eigenvalue weighted by molar-refractivity contribution is 0.0226. The van der Waals surface area contributed by atoms with E-state index in [1.54, 1.807) is 24.0 Å². The van der Waals surface area contributed by atoms with Gasteiger partial charge in [0.1, 0.15) is 17.9 Å². The van der Waals surface area contributed by atoms with E-state index in [0.29, 0.717) is 23.6 Å². The molecule has 2 rings (SSSR count). The van der Waals surface area contributed by atoms with E-state index in [1.807, 2.05) is 24.3 Å². The fourth-order valence-electron chi connectivity index (χ4n) is 2.24. The van der Waals surface area contributed by atoms with Crippen LogP contribution in [-0.2, 0) is 11.8 Å². The van der Waals surface area contributed by atoms with Gasteiger partial charge in [0.25, 0.3) is 0 Å². The van der Waals surface area contributed by atoms with Gasteiger partial charge in [0, 0.05) is 19.4 Å². The SMILES string of the molecule is CC(C)CC(OC(=O)c1cc(C#N)cn1C)c1ccccn1. The van der Waals surface area contributed by atoms with Crippen LogP contribution in [0.2, 0.25) is 0 Å². The lowest BCUT2D eigenvalue weighted by atomic mass is 10.0. The van der Waals surface area contributed by atoms with E-state index in [1.165, 1.54) is 6.07 Å². The van der Waals surface area contributed by atoms with Gasteiger partial charge in [-0.2, -0.15) is 5.26 Å². The molecule has 2 aromatic heterocycles. The maximum absolute atomic E-state index is 12.4. The van der Waals surface area contributed by atoms with Crippen LogP contribution in [0.1, 0.15) is 48.1 Å². The second-order valence-electron chi connectivity index (χ2n) is 5.61. The molecule has 0 fully saturated rings. The third kappa shape index (κ3) is 3.73. The van der Waals surface area contributed by atoms with Gasteiger partial charge in [-0.3, -0.25) is 4.98 Å². The number of ether oxygens (including phenoxy) is 1. The number of nitrogens with zero attached hydrogens (tertiary/aromatic N) is 3. The van der Waals surface area contributed by atoms with E-state index in [-0.39, 0.29) is 0 Å². The Morgan fingerprint density at radius 3 is 2.77 bits per heavy atom. The number of aryl methyl sites for hydroxylation is 1. The Hall–Kier alpha value is -2.61. The highest BCUT2D eigenvalue weighted by Gasteiger charge is 2.22. The minimum Gasteiger partial charge on any atom is -0.451 e. The fourth-order valence-corrected chi connectivity index (χ4v) is 2.24. The highest BCUT2D eigenvalue weighted by Crippen LogP contribution is 2.25. The van der Waals surface area contributed by atoms with Gasteiger partial charge in [-0.15, -0.1) is 0 Å². The summed E-state index contributed by atoms with van der Waals surface area (Å²) in [4.78, 5) is 16.7. The van der Waals surface area contributed by atoms with Crippen LogP contribution in [0.25, 0.3) is 0 Å². The highest BCUT2D eigenvalue weighted by atomic mass is 16.5. The number of rotatable bonds is 5. The zero-order valence-electron chi connectivity index (χ0n) is 13.0. The number of carbonyl (C=O) groups is 1. The van der Waals surface area contributed by atoms with Crippen molar-refractivity contribution in [2.24, 2.45) is 13.0 Å². The molecule has 0 N–H and O–H groups in total. The van der Waals surface area contributed by atoms with Gasteiger partial charge in [0.05, 0.1) is 11.3 Å². The quantitative estimate of drug-likeness (QED) is 0.794. The molecule has 2 aromatic rings. The number of carbonyl (C=O) groups excluding carboxylic acids is 1. The number of esters is 1. The van der Waals surface area contributed by atoms with Crippen LogP contribution >= 0.6 is 0 Å². The first kappa shape index (κ1) is 15.8. The van der Waals surface area contributed by atoms with E-state index in [9.17, 15) is 4.79 Å². The molecule has 22 heavy (non-hydrogen) atoms. The van der Waals surface area contributed by atoms with Crippen molar-refractivity contribution < 1.29 is 9.53 Å². The van der Waals surface area contributed by atoms with Crippen molar-refractivity contribution in [3.63, 3.8) is 0 Å². The molecule has 0 aliphatic carbocycles. The summed E-state index contributed by atoms with van der Waals surface area (Å²) in [7, 11) is 1.72. The van der Waals surface area contributed by atoms with Gasteiger partial charge in [-0.1, -0.05) is 19.9 Å². The molecule has 1 atom stereocenters. The predicted molar refractivity (Wildman–Crippen MR) is 82.0 cm³/mol. The van der Waals surface area contributed by atoms with Crippen LogP contribution in [0.5, 0.6) is 0 Å². The molecule has 5 nitrogen and oxygen atoms in total. The molecule has 0 aliphatic rings. The second-order valence-corrected chi connectivity index (χ2v) is 5.61. The normalized spacial score (nSPS) is 12.0. The van der Waals surface area contributed by atoms with E-state index in [0.717, 1.165) is 5.69 Å². The van der Waals surface area contributed by atoms with Crippen molar-refractivity contribution in [2.45, 2.75) is 26.4 Å². The minimum absolute atomic E-state index is 0.362. The molecular formula is C17H19N3O2. The first-order valence-corrected chi connectivity index (χ1v) is 7.19. The smallest absolute Gasteiger partial charge is 0.355 e. The molecule has 0 radical (unpaired) electrons. The molecule has 0 bridgehead atoms. The predicted octanol–water partition coefficient (Wildman–Crippen LogP) is 3.24. The van der Waals surface area contributed by atoms with Crippen LogP contribution in [-0.4, -0.2) is 15.5 Å². The van der Waals surface area contributed by atoms with Crippen molar-refractivity contribution in [1.29, 1.82) is 5.26 Å². The Morgan fingerprint density at radius 1 is 1.45 bits per heavy atom. The fraction of sp³-hybridized carbons (Fsp3) is 0.353. The Balaban J connectivity index is 2.21. The summed E-state index contributed by atoms with van der Waals surface area (Å²) in [6.07, 6.45) is 3.59. The lowest BCUT2D eigenvalue weighted by Gasteiger charge is -2.19. The number of pyridine rings is 1. The molecule has 0 spiro atoms. The van der Waals surface area contributed by atoms with Crippen molar-refractivity contribution in [2.75, 3.05) is 0 Å². The van der Waals surface area contributed by atoms with Crippen molar-refractivity contribution in [1.82, 2.24) is 9.55 Å². The molecule has 5 heteroatoms. The van der Waals surface area contributed by atoms with Gasteiger partial charge in [-0.25, -0.2) is 4.79 Å². The van der Waals surface area contributed by atoms with Crippen LogP contribution < -0.4 is 0 Å². The van der Waals surface area contributed by atoms with Gasteiger partial charge < -0.3 is 9.30 Å². The van der Waals surface area contributed by atoms with Crippen LogP contribution in [0.15, 0.2) is 36.7 Å². The molecule has 0 saturated carbocycles. The lowest BCUT2D eigenvalue weighted by Crippen LogP contribution is -2.16. The number of nitriles is 1. The molecular weight excluding hydrogens is 278 g/mol. The van der Waals surface area contributed by atoms with Gasteiger partial charge >= 0.3 is 5.97 Å². The maximum Gasteiger partial charge on any atom is 0.355 e. The average molecular weight is 297 g/mol. The van der Waals surface area contributed by atoms with Crippen LogP contribution in [0, 0.1) is 17.2 Å². The highest BCUT2D eigenvalue weighted by molar-refractivity contribution is 5.88. The van der Waals surface area contributed by atoms with Crippen LogP contribution in [0.3, 0.4) is 0 Å². The zero-order chi connectivity index (χ0) is 16.1. The van der Waals surface area contributed by atoms with E-state index < -0.39 is 12.1 Å². The second kappa shape index (κ2) is 6.90. The van der Waals surface area contributed by atoms with Crippen molar-refractivity contribution >= 4 is 5.97 Å². The Kier molecular flexibility index (Phi) is 4.95. The summed E-state index contributed by atoms with van der Waals surface area (Å²) in [5.41, 5.74) is 1.54. The number of hydrogen-bond donors (Lipinski definition) is 0. The first-order chi connectivity index (χ1) is 10.5. The summed E-state index contributed by atoms with van der Waals surface area (Å²) in [6, 6.07) is 9.11. The van der Waals surface area contributed by atoms with Crippen molar-refractivity contribution in [3.8, 4) is 6.07 Å². The van der Waals surface area contributed by atoms with E-state index in [4.69, 9.17) is 10.00 Å². The molecule has 114 valence electrons. The maximum atomic E-state index is 12.4. The third-order valence-electron chi connectivity index (χ3n) is 3.30. The summed E-state index contributed by atoms with van der Waals surface area (Å²) < 4.78 is 7.24. The minimum atomic E-state index is -0.444. The molecule has 0 amide bonds. The zero-order valence-corrected chi connectivity index (χ0v) is 13.0. The van der Waals surface area contributed by atoms with E-state index in [2.05, 4.69) is 18.8 Å². The summed E-state index contributed by atoms with van der Waals surface area (Å²) in [5.74, 6) is -0.0804. The average Bonchev–Trinajstić information content (AvgIpc) is 2.88. The van der Waals surface area contributed by atoms with Crippen LogP contribution in [0.4, 0.5) is 0 Å². The standard InChI is InChI=1S/C17H19N3O2/c1-12(2)8-16(14-6-4-5-7-19-14)22-17(21)15-9-13(10-18)11-20(15)3/h4-7,9,11-12,16H,8H2,1-3H3. The number of hydrogen-bond acceptors (Lipinski definition) is 4. The summed E-state index contributed by atoms with van der Waals surface area (Å²) in [6.45, 7) is 4.14.